The maximum absolute atomic E-state index is 12.4. The minimum Gasteiger partial charge on any atom is -0.466 e. The highest BCUT2D eigenvalue weighted by Crippen LogP contribution is 2.19. The van der Waals surface area contributed by atoms with Crippen LogP contribution in [-0.2, 0) is 19.1 Å². The number of ether oxygens (including phenoxy) is 1. The summed E-state index contributed by atoms with van der Waals surface area (Å²) in [5, 5.41) is 2.91. The highest BCUT2D eigenvalue weighted by atomic mass is 16.5. The van der Waals surface area contributed by atoms with Crippen LogP contribution in [-0.4, -0.2) is 42.4 Å². The third-order valence-electron chi connectivity index (χ3n) is 4.64. The summed E-state index contributed by atoms with van der Waals surface area (Å²) in [4.78, 5) is 38.0. The second-order valence-corrected chi connectivity index (χ2v) is 6.63. The van der Waals surface area contributed by atoms with Crippen molar-refractivity contribution >= 4 is 17.8 Å². The van der Waals surface area contributed by atoms with Crippen LogP contribution in [0.5, 0.6) is 0 Å². The molecule has 1 aliphatic heterocycles. The third-order valence-corrected chi connectivity index (χ3v) is 4.64. The normalized spacial score (nSPS) is 18.1. The van der Waals surface area contributed by atoms with Crippen molar-refractivity contribution in [2.75, 3.05) is 19.7 Å². The quantitative estimate of drug-likeness (QED) is 0.758. The summed E-state index contributed by atoms with van der Waals surface area (Å²) in [5.74, 6) is -0.714. The Morgan fingerprint density at radius 3 is 2.65 bits per heavy atom. The molecule has 2 atom stereocenters. The number of rotatable bonds is 7. The number of hydrogen-bond acceptors (Lipinski definition) is 4. The van der Waals surface area contributed by atoms with Crippen LogP contribution in [0.4, 0.5) is 0 Å². The maximum atomic E-state index is 12.4. The van der Waals surface area contributed by atoms with Gasteiger partial charge in [0.15, 0.2) is 0 Å². The van der Waals surface area contributed by atoms with Crippen LogP contribution in [0.3, 0.4) is 0 Å². The second kappa shape index (κ2) is 9.94. The topological polar surface area (TPSA) is 75.7 Å². The zero-order chi connectivity index (χ0) is 18.9. The van der Waals surface area contributed by atoms with Crippen molar-refractivity contribution in [1.82, 2.24) is 10.2 Å². The Bertz CT molecular complexity index is 617. The molecule has 6 nitrogen and oxygen atoms in total. The maximum Gasteiger partial charge on any atom is 0.310 e. The largest absolute Gasteiger partial charge is 0.466 e. The van der Waals surface area contributed by atoms with E-state index in [-0.39, 0.29) is 42.6 Å². The van der Waals surface area contributed by atoms with Crippen LogP contribution >= 0.6 is 0 Å². The first-order valence-electron chi connectivity index (χ1n) is 9.30. The molecule has 0 spiro atoms. The molecule has 142 valence electrons. The fourth-order valence-corrected chi connectivity index (χ4v) is 3.17. The molecule has 1 aromatic rings. The lowest BCUT2D eigenvalue weighted by Crippen LogP contribution is -2.43. The molecule has 0 bridgehead atoms. The second-order valence-electron chi connectivity index (χ2n) is 6.63. The number of carbonyl (C=O) groups excluding carboxylic acids is 3. The Morgan fingerprint density at radius 2 is 1.96 bits per heavy atom. The Labute approximate surface area is 154 Å². The standard InChI is InChI=1S/C20H28N2O4/c1-3-26-20(25)17-10-7-13-22(14-17)19(24)12-11-18(23)21-15(2)16-8-5-4-6-9-16/h4-6,8-9,15,17H,3,7,10-14H2,1-2H3,(H,21,23)/t15-,17-/m0/s1. The number of carbonyl (C=O) groups is 3. The summed E-state index contributed by atoms with van der Waals surface area (Å²) in [7, 11) is 0. The van der Waals surface area contributed by atoms with Gasteiger partial charge in [0, 0.05) is 25.9 Å². The van der Waals surface area contributed by atoms with Crippen LogP contribution in [0, 0.1) is 5.92 Å². The average Bonchev–Trinajstić information content (AvgIpc) is 2.67. The number of amides is 2. The van der Waals surface area contributed by atoms with Gasteiger partial charge >= 0.3 is 5.97 Å². The Balaban J connectivity index is 1.76. The number of likely N-dealkylation sites (tertiary alicyclic amines) is 1. The van der Waals surface area contributed by atoms with E-state index in [1.54, 1.807) is 11.8 Å². The zero-order valence-electron chi connectivity index (χ0n) is 15.6. The molecule has 2 rings (SSSR count). The fourth-order valence-electron chi connectivity index (χ4n) is 3.17. The van der Waals surface area contributed by atoms with E-state index in [4.69, 9.17) is 4.74 Å². The van der Waals surface area contributed by atoms with Crippen molar-refractivity contribution in [3.63, 3.8) is 0 Å². The summed E-state index contributed by atoms with van der Waals surface area (Å²) >= 11 is 0. The van der Waals surface area contributed by atoms with Crippen LogP contribution in [0.15, 0.2) is 30.3 Å². The molecule has 1 N–H and O–H groups in total. The molecule has 0 saturated carbocycles. The molecule has 1 aromatic carbocycles. The number of nitrogens with one attached hydrogen (secondary N) is 1. The van der Waals surface area contributed by atoms with Crippen molar-refractivity contribution < 1.29 is 19.1 Å². The Hall–Kier alpha value is -2.37. The summed E-state index contributed by atoms with van der Waals surface area (Å²) in [6, 6.07) is 9.61. The minimum atomic E-state index is -0.250. The van der Waals surface area contributed by atoms with E-state index in [1.165, 1.54) is 0 Å². The molecule has 0 aromatic heterocycles. The molecule has 0 unspecified atom stereocenters. The number of piperidine rings is 1. The Morgan fingerprint density at radius 1 is 1.23 bits per heavy atom. The first kappa shape index (κ1) is 19.9. The highest BCUT2D eigenvalue weighted by molar-refractivity contribution is 5.84. The SMILES string of the molecule is CCOC(=O)[C@H]1CCCN(C(=O)CCC(=O)N[C@@H](C)c2ccccc2)C1. The average molecular weight is 360 g/mol. The number of hydrogen-bond donors (Lipinski definition) is 1. The molecule has 26 heavy (non-hydrogen) atoms. The molecule has 1 heterocycles. The van der Waals surface area contributed by atoms with E-state index in [2.05, 4.69) is 5.32 Å². The van der Waals surface area contributed by atoms with Crippen molar-refractivity contribution in [3.8, 4) is 0 Å². The minimum absolute atomic E-state index is 0.0819. The van der Waals surface area contributed by atoms with Gasteiger partial charge in [-0.3, -0.25) is 14.4 Å². The molecule has 2 amide bonds. The molecule has 1 fully saturated rings. The monoisotopic (exact) mass is 360 g/mol. The highest BCUT2D eigenvalue weighted by Gasteiger charge is 2.29. The number of esters is 1. The predicted molar refractivity (Wildman–Crippen MR) is 98.2 cm³/mol. The zero-order valence-corrected chi connectivity index (χ0v) is 15.6. The third kappa shape index (κ3) is 5.86. The van der Waals surface area contributed by atoms with E-state index in [0.717, 1.165) is 18.4 Å². The van der Waals surface area contributed by atoms with Gasteiger partial charge in [-0.2, -0.15) is 0 Å². The van der Waals surface area contributed by atoms with Gasteiger partial charge in [0.1, 0.15) is 0 Å². The molecule has 1 aliphatic rings. The van der Waals surface area contributed by atoms with Crippen molar-refractivity contribution in [1.29, 1.82) is 0 Å². The van der Waals surface area contributed by atoms with Crippen molar-refractivity contribution in [3.05, 3.63) is 35.9 Å². The van der Waals surface area contributed by atoms with E-state index in [1.807, 2.05) is 37.3 Å². The predicted octanol–water partition coefficient (Wildman–Crippen LogP) is 2.45. The van der Waals surface area contributed by atoms with Gasteiger partial charge in [-0.05, 0) is 32.3 Å². The van der Waals surface area contributed by atoms with Gasteiger partial charge in [0.05, 0.1) is 18.6 Å². The summed E-state index contributed by atoms with van der Waals surface area (Å²) in [6.45, 7) is 5.07. The van der Waals surface area contributed by atoms with Crippen LogP contribution in [0.25, 0.3) is 0 Å². The number of benzene rings is 1. The first-order valence-corrected chi connectivity index (χ1v) is 9.30. The molecule has 0 radical (unpaired) electrons. The van der Waals surface area contributed by atoms with Gasteiger partial charge in [-0.25, -0.2) is 0 Å². The lowest BCUT2D eigenvalue weighted by molar-refractivity contribution is -0.151. The van der Waals surface area contributed by atoms with E-state index in [0.29, 0.717) is 19.7 Å². The van der Waals surface area contributed by atoms with Gasteiger partial charge in [0.25, 0.3) is 0 Å². The lowest BCUT2D eigenvalue weighted by atomic mass is 9.98. The first-order chi connectivity index (χ1) is 12.5. The van der Waals surface area contributed by atoms with Gasteiger partial charge in [0.2, 0.25) is 11.8 Å². The van der Waals surface area contributed by atoms with Gasteiger partial charge in [-0.15, -0.1) is 0 Å². The van der Waals surface area contributed by atoms with Crippen LogP contribution in [0.1, 0.15) is 51.1 Å². The summed E-state index contributed by atoms with van der Waals surface area (Å²) in [6.07, 6.45) is 1.84. The lowest BCUT2D eigenvalue weighted by Gasteiger charge is -2.31. The molecule has 6 heteroatoms. The van der Waals surface area contributed by atoms with Crippen molar-refractivity contribution in [2.24, 2.45) is 5.92 Å². The van der Waals surface area contributed by atoms with Crippen molar-refractivity contribution in [2.45, 2.75) is 45.6 Å². The molecule has 1 saturated heterocycles. The van der Waals surface area contributed by atoms with Crippen LogP contribution in [0.2, 0.25) is 0 Å². The van der Waals surface area contributed by atoms with E-state index in [9.17, 15) is 14.4 Å². The summed E-state index contributed by atoms with van der Waals surface area (Å²) in [5.41, 5.74) is 1.03. The summed E-state index contributed by atoms with van der Waals surface area (Å²) < 4.78 is 5.05. The van der Waals surface area contributed by atoms with E-state index < -0.39 is 0 Å². The smallest absolute Gasteiger partial charge is 0.310 e. The molecular weight excluding hydrogens is 332 g/mol. The Kier molecular flexibility index (Phi) is 7.63. The fraction of sp³-hybridized carbons (Fsp3) is 0.550. The van der Waals surface area contributed by atoms with E-state index >= 15 is 0 Å². The van der Waals surface area contributed by atoms with Crippen LogP contribution < -0.4 is 5.32 Å². The molecule has 0 aliphatic carbocycles. The van der Waals surface area contributed by atoms with Gasteiger partial charge < -0.3 is 15.0 Å². The van der Waals surface area contributed by atoms with Gasteiger partial charge in [-0.1, -0.05) is 30.3 Å². The number of nitrogens with zero attached hydrogens (tertiary/aromatic N) is 1. The molecular formula is C20H28N2O4.